The average Bonchev–Trinajstić information content (AvgIpc) is 2.66. The van der Waals surface area contributed by atoms with Gasteiger partial charge in [-0.2, -0.15) is 8.78 Å². The zero-order chi connectivity index (χ0) is 20.4. The fourth-order valence-electron chi connectivity index (χ4n) is 2.54. The van der Waals surface area contributed by atoms with Gasteiger partial charge in [0.15, 0.2) is 17.5 Å². The van der Waals surface area contributed by atoms with E-state index in [0.29, 0.717) is 31.0 Å². The van der Waals surface area contributed by atoms with Gasteiger partial charge in [0.2, 0.25) is 0 Å². The second kappa shape index (κ2) is 11.1. The summed E-state index contributed by atoms with van der Waals surface area (Å²) in [5.74, 6) is 0.507. The molecule has 0 fully saturated rings. The molecule has 0 bridgehead atoms. The van der Waals surface area contributed by atoms with Crippen LogP contribution in [0.1, 0.15) is 18.1 Å². The summed E-state index contributed by atoms with van der Waals surface area (Å²) in [6.07, 6.45) is 0.636. The number of nitrogens with zero attached hydrogens (tertiary/aromatic N) is 1. The smallest absolute Gasteiger partial charge is 0.387 e. The Morgan fingerprint density at radius 3 is 2.57 bits per heavy atom. The molecule has 0 aliphatic heterocycles. The van der Waals surface area contributed by atoms with E-state index in [1.807, 2.05) is 13.0 Å². The van der Waals surface area contributed by atoms with Crippen LogP contribution in [0, 0.1) is 5.82 Å². The standard InChI is InChI=1S/C20H24F3N3O2/c1-3-24-20(25-10-9-14-5-4-6-16(21)11-14)26-13-15-7-8-17(27-2)18(12-15)28-19(22)23/h4-8,11-12,19H,3,9-10,13H2,1-2H3,(H2,24,25,26). The highest BCUT2D eigenvalue weighted by atomic mass is 19.3. The summed E-state index contributed by atoms with van der Waals surface area (Å²) in [6, 6.07) is 11.2. The third-order valence-corrected chi connectivity index (χ3v) is 3.80. The minimum absolute atomic E-state index is 0.0331. The van der Waals surface area contributed by atoms with Crippen LogP contribution in [0.15, 0.2) is 47.5 Å². The topological polar surface area (TPSA) is 54.9 Å². The molecule has 152 valence electrons. The molecule has 2 aromatic carbocycles. The van der Waals surface area contributed by atoms with E-state index in [1.165, 1.54) is 25.3 Å². The van der Waals surface area contributed by atoms with Crippen LogP contribution in [0.25, 0.3) is 0 Å². The molecule has 8 heteroatoms. The molecule has 2 rings (SSSR count). The quantitative estimate of drug-likeness (QED) is 0.502. The van der Waals surface area contributed by atoms with Crippen LogP contribution in [0.5, 0.6) is 11.5 Å². The van der Waals surface area contributed by atoms with Gasteiger partial charge in [0.1, 0.15) is 5.82 Å². The predicted octanol–water partition coefficient (Wildman–Crippen LogP) is 3.73. The number of alkyl halides is 2. The SMILES string of the molecule is CCNC(=NCc1ccc(OC)c(OC(F)F)c1)NCCc1cccc(F)c1. The maximum Gasteiger partial charge on any atom is 0.387 e. The first-order chi connectivity index (χ1) is 13.5. The molecular formula is C20H24F3N3O2. The summed E-state index contributed by atoms with van der Waals surface area (Å²) in [5, 5.41) is 6.28. The molecule has 0 unspecified atom stereocenters. The Morgan fingerprint density at radius 2 is 1.89 bits per heavy atom. The largest absolute Gasteiger partial charge is 0.493 e. The molecule has 0 radical (unpaired) electrons. The van der Waals surface area contributed by atoms with Gasteiger partial charge in [0.05, 0.1) is 13.7 Å². The van der Waals surface area contributed by atoms with Crippen molar-refractivity contribution < 1.29 is 22.6 Å². The number of guanidine groups is 1. The van der Waals surface area contributed by atoms with E-state index in [9.17, 15) is 13.2 Å². The molecule has 28 heavy (non-hydrogen) atoms. The van der Waals surface area contributed by atoms with Crippen molar-refractivity contribution in [2.75, 3.05) is 20.2 Å². The monoisotopic (exact) mass is 395 g/mol. The van der Waals surface area contributed by atoms with Gasteiger partial charge >= 0.3 is 6.61 Å². The summed E-state index contributed by atoms with van der Waals surface area (Å²) >= 11 is 0. The highest BCUT2D eigenvalue weighted by molar-refractivity contribution is 5.79. The van der Waals surface area contributed by atoms with E-state index in [-0.39, 0.29) is 23.9 Å². The number of benzene rings is 2. The second-order valence-corrected chi connectivity index (χ2v) is 5.87. The van der Waals surface area contributed by atoms with Crippen LogP contribution in [0.4, 0.5) is 13.2 Å². The molecule has 0 aliphatic carbocycles. The van der Waals surface area contributed by atoms with Gasteiger partial charge in [-0.05, 0) is 48.7 Å². The van der Waals surface area contributed by atoms with Crippen molar-refractivity contribution >= 4 is 5.96 Å². The van der Waals surface area contributed by atoms with Gasteiger partial charge in [-0.15, -0.1) is 0 Å². The number of hydrogen-bond acceptors (Lipinski definition) is 3. The van der Waals surface area contributed by atoms with E-state index >= 15 is 0 Å². The summed E-state index contributed by atoms with van der Waals surface area (Å²) in [6.45, 7) is 0.491. The lowest BCUT2D eigenvalue weighted by molar-refractivity contribution is -0.0512. The Morgan fingerprint density at radius 1 is 1.07 bits per heavy atom. The zero-order valence-corrected chi connectivity index (χ0v) is 15.8. The lowest BCUT2D eigenvalue weighted by atomic mass is 10.1. The van der Waals surface area contributed by atoms with Gasteiger partial charge in [0.25, 0.3) is 0 Å². The van der Waals surface area contributed by atoms with Crippen molar-refractivity contribution in [2.24, 2.45) is 4.99 Å². The first kappa shape index (κ1) is 21.4. The van der Waals surface area contributed by atoms with Crippen molar-refractivity contribution in [1.82, 2.24) is 10.6 Å². The molecule has 0 heterocycles. The fourth-order valence-corrected chi connectivity index (χ4v) is 2.54. The number of hydrogen-bond donors (Lipinski definition) is 2. The Hall–Kier alpha value is -2.90. The van der Waals surface area contributed by atoms with Gasteiger partial charge in [-0.25, -0.2) is 9.38 Å². The van der Waals surface area contributed by atoms with E-state index in [0.717, 1.165) is 5.56 Å². The molecule has 0 aromatic heterocycles. The zero-order valence-electron chi connectivity index (χ0n) is 15.8. The highest BCUT2D eigenvalue weighted by Crippen LogP contribution is 2.29. The van der Waals surface area contributed by atoms with Crippen molar-refractivity contribution in [3.63, 3.8) is 0 Å². The summed E-state index contributed by atoms with van der Waals surface area (Å²) in [7, 11) is 1.39. The van der Waals surface area contributed by atoms with Crippen molar-refractivity contribution in [2.45, 2.75) is 26.5 Å². The van der Waals surface area contributed by atoms with Gasteiger partial charge in [-0.3, -0.25) is 0 Å². The Labute approximate surface area is 162 Å². The maximum atomic E-state index is 13.2. The summed E-state index contributed by atoms with van der Waals surface area (Å²) in [4.78, 5) is 4.44. The third kappa shape index (κ3) is 7.02. The van der Waals surface area contributed by atoms with Crippen molar-refractivity contribution in [3.05, 3.63) is 59.4 Å². The lowest BCUT2D eigenvalue weighted by Gasteiger charge is -2.13. The number of ether oxygens (including phenoxy) is 2. The Balaban J connectivity index is 1.99. The number of methoxy groups -OCH3 is 1. The number of rotatable bonds is 9. The van der Waals surface area contributed by atoms with Crippen LogP contribution in [0.3, 0.4) is 0 Å². The minimum Gasteiger partial charge on any atom is -0.493 e. The van der Waals surface area contributed by atoms with Crippen LogP contribution >= 0.6 is 0 Å². The maximum absolute atomic E-state index is 13.2. The number of halogens is 3. The summed E-state index contributed by atoms with van der Waals surface area (Å²) in [5.41, 5.74) is 1.58. The minimum atomic E-state index is -2.94. The summed E-state index contributed by atoms with van der Waals surface area (Å²) < 4.78 is 47.8. The molecule has 2 aromatic rings. The molecule has 0 spiro atoms. The average molecular weight is 395 g/mol. The van der Waals surface area contributed by atoms with Crippen LogP contribution in [-0.2, 0) is 13.0 Å². The first-order valence-corrected chi connectivity index (χ1v) is 8.90. The normalized spacial score (nSPS) is 11.4. The van der Waals surface area contributed by atoms with Gasteiger partial charge < -0.3 is 20.1 Å². The molecule has 0 saturated carbocycles. The molecule has 2 N–H and O–H groups in total. The van der Waals surface area contributed by atoms with Crippen LogP contribution in [0.2, 0.25) is 0 Å². The first-order valence-electron chi connectivity index (χ1n) is 8.90. The van der Waals surface area contributed by atoms with E-state index in [4.69, 9.17) is 4.74 Å². The molecular weight excluding hydrogens is 371 g/mol. The Kier molecular flexibility index (Phi) is 8.45. The molecule has 0 aliphatic rings. The van der Waals surface area contributed by atoms with Crippen molar-refractivity contribution in [3.8, 4) is 11.5 Å². The number of aliphatic imine (C=N–C) groups is 1. The van der Waals surface area contributed by atoms with Crippen LogP contribution in [-0.4, -0.2) is 32.8 Å². The van der Waals surface area contributed by atoms with Gasteiger partial charge in [0, 0.05) is 13.1 Å². The van der Waals surface area contributed by atoms with Crippen LogP contribution < -0.4 is 20.1 Å². The molecule has 0 saturated heterocycles. The molecule has 0 amide bonds. The molecule has 5 nitrogen and oxygen atoms in total. The number of nitrogens with one attached hydrogen (secondary N) is 2. The molecule has 0 atom stereocenters. The van der Waals surface area contributed by atoms with Gasteiger partial charge in [-0.1, -0.05) is 18.2 Å². The van der Waals surface area contributed by atoms with Crippen molar-refractivity contribution in [1.29, 1.82) is 0 Å². The van der Waals surface area contributed by atoms with E-state index < -0.39 is 6.61 Å². The van der Waals surface area contributed by atoms with E-state index in [1.54, 1.807) is 18.2 Å². The second-order valence-electron chi connectivity index (χ2n) is 5.87. The lowest BCUT2D eigenvalue weighted by Crippen LogP contribution is -2.38. The third-order valence-electron chi connectivity index (χ3n) is 3.80. The predicted molar refractivity (Wildman–Crippen MR) is 103 cm³/mol. The Bertz CT molecular complexity index is 785. The highest BCUT2D eigenvalue weighted by Gasteiger charge is 2.11. The van der Waals surface area contributed by atoms with E-state index in [2.05, 4.69) is 20.4 Å². The fraction of sp³-hybridized carbons (Fsp3) is 0.350.